The third kappa shape index (κ3) is 3.91. The SMILES string of the molecule is CN(C)CCN1CCN(c2cccc(C(=N)N)n2)CC1. The average molecular weight is 276 g/mol. The second-order valence-corrected chi connectivity index (χ2v) is 5.43. The van der Waals surface area contributed by atoms with Crippen molar-refractivity contribution in [2.24, 2.45) is 5.73 Å². The summed E-state index contributed by atoms with van der Waals surface area (Å²) in [5.41, 5.74) is 6.04. The van der Waals surface area contributed by atoms with Crippen LogP contribution in [0, 0.1) is 5.41 Å². The van der Waals surface area contributed by atoms with Crippen LogP contribution >= 0.6 is 0 Å². The molecule has 0 aliphatic carbocycles. The molecule has 0 aromatic carbocycles. The Balaban J connectivity index is 1.90. The van der Waals surface area contributed by atoms with Crippen molar-refractivity contribution in [3.8, 4) is 0 Å². The lowest BCUT2D eigenvalue weighted by molar-refractivity contribution is 0.229. The van der Waals surface area contributed by atoms with E-state index in [0.29, 0.717) is 5.69 Å². The van der Waals surface area contributed by atoms with E-state index in [1.54, 1.807) is 6.07 Å². The molecular formula is C14H24N6. The van der Waals surface area contributed by atoms with E-state index in [1.807, 2.05) is 12.1 Å². The molecule has 0 amide bonds. The molecule has 2 heterocycles. The third-order valence-electron chi connectivity index (χ3n) is 3.57. The smallest absolute Gasteiger partial charge is 0.141 e. The lowest BCUT2D eigenvalue weighted by Crippen LogP contribution is -2.48. The van der Waals surface area contributed by atoms with Crippen molar-refractivity contribution in [3.63, 3.8) is 0 Å². The highest BCUT2D eigenvalue weighted by molar-refractivity contribution is 5.93. The van der Waals surface area contributed by atoms with Gasteiger partial charge in [-0.1, -0.05) is 6.07 Å². The number of anilines is 1. The molecule has 0 atom stereocenters. The number of nitrogens with two attached hydrogens (primary N) is 1. The molecule has 6 heteroatoms. The van der Waals surface area contributed by atoms with Crippen LogP contribution in [0.5, 0.6) is 0 Å². The number of amidine groups is 1. The Morgan fingerprint density at radius 2 is 2.00 bits per heavy atom. The van der Waals surface area contributed by atoms with Crippen LogP contribution in [-0.2, 0) is 0 Å². The number of piperazine rings is 1. The number of pyridine rings is 1. The van der Waals surface area contributed by atoms with Gasteiger partial charge in [-0.15, -0.1) is 0 Å². The first-order valence-electron chi connectivity index (χ1n) is 7.00. The molecule has 0 saturated carbocycles. The zero-order valence-corrected chi connectivity index (χ0v) is 12.3. The van der Waals surface area contributed by atoms with Gasteiger partial charge in [0.2, 0.25) is 0 Å². The van der Waals surface area contributed by atoms with Gasteiger partial charge >= 0.3 is 0 Å². The number of nitrogens with one attached hydrogen (secondary N) is 1. The van der Waals surface area contributed by atoms with Crippen LogP contribution in [0.3, 0.4) is 0 Å². The number of likely N-dealkylation sites (N-methyl/N-ethyl adjacent to an activating group) is 1. The fraction of sp³-hybridized carbons (Fsp3) is 0.571. The summed E-state index contributed by atoms with van der Waals surface area (Å²) >= 11 is 0. The maximum atomic E-state index is 7.46. The highest BCUT2D eigenvalue weighted by Crippen LogP contribution is 2.14. The molecule has 20 heavy (non-hydrogen) atoms. The quantitative estimate of drug-likeness (QED) is 0.587. The zero-order chi connectivity index (χ0) is 14.5. The van der Waals surface area contributed by atoms with E-state index in [2.05, 4.69) is 33.8 Å². The Kier molecular flexibility index (Phi) is 4.92. The number of hydrogen-bond acceptors (Lipinski definition) is 5. The van der Waals surface area contributed by atoms with Gasteiger partial charge in [0.25, 0.3) is 0 Å². The summed E-state index contributed by atoms with van der Waals surface area (Å²) in [4.78, 5) is 11.4. The van der Waals surface area contributed by atoms with Gasteiger partial charge < -0.3 is 15.5 Å². The van der Waals surface area contributed by atoms with Gasteiger partial charge in [0.05, 0.1) is 0 Å². The lowest BCUT2D eigenvalue weighted by atomic mass is 10.2. The van der Waals surface area contributed by atoms with Crippen molar-refractivity contribution < 1.29 is 0 Å². The monoisotopic (exact) mass is 276 g/mol. The molecular weight excluding hydrogens is 252 g/mol. The van der Waals surface area contributed by atoms with Crippen LogP contribution in [0.15, 0.2) is 18.2 Å². The molecule has 0 bridgehead atoms. The summed E-state index contributed by atoms with van der Waals surface area (Å²) in [5, 5.41) is 7.46. The van der Waals surface area contributed by atoms with Crippen molar-refractivity contribution in [1.82, 2.24) is 14.8 Å². The molecule has 1 aliphatic heterocycles. The molecule has 0 unspecified atom stereocenters. The minimum absolute atomic E-state index is 0.0245. The number of nitrogen functional groups attached to an aromatic ring is 1. The largest absolute Gasteiger partial charge is 0.382 e. The van der Waals surface area contributed by atoms with Crippen LogP contribution in [-0.4, -0.2) is 74.0 Å². The Morgan fingerprint density at radius 1 is 1.30 bits per heavy atom. The van der Waals surface area contributed by atoms with Crippen LogP contribution < -0.4 is 10.6 Å². The van der Waals surface area contributed by atoms with Gasteiger partial charge in [-0.05, 0) is 26.2 Å². The van der Waals surface area contributed by atoms with Gasteiger partial charge in [-0.3, -0.25) is 10.3 Å². The highest BCUT2D eigenvalue weighted by atomic mass is 15.3. The van der Waals surface area contributed by atoms with Gasteiger partial charge in [-0.25, -0.2) is 4.98 Å². The van der Waals surface area contributed by atoms with E-state index in [9.17, 15) is 0 Å². The molecule has 3 N–H and O–H groups in total. The standard InChI is InChI=1S/C14H24N6/c1-18(2)6-7-19-8-10-20(11-9-19)13-5-3-4-12(17-13)14(15)16/h3-5H,6-11H2,1-2H3,(H3,15,16). The van der Waals surface area contributed by atoms with Gasteiger partial charge in [0, 0.05) is 39.3 Å². The predicted molar refractivity (Wildman–Crippen MR) is 82.5 cm³/mol. The van der Waals surface area contributed by atoms with Crippen molar-refractivity contribution in [3.05, 3.63) is 23.9 Å². The molecule has 0 radical (unpaired) electrons. The average Bonchev–Trinajstić information content (AvgIpc) is 2.46. The van der Waals surface area contributed by atoms with E-state index < -0.39 is 0 Å². The minimum atomic E-state index is 0.0245. The molecule has 1 aromatic heterocycles. The molecule has 1 saturated heterocycles. The second-order valence-electron chi connectivity index (χ2n) is 5.43. The van der Waals surface area contributed by atoms with E-state index in [0.717, 1.165) is 45.1 Å². The summed E-state index contributed by atoms with van der Waals surface area (Å²) in [6.07, 6.45) is 0. The first-order chi connectivity index (χ1) is 9.56. The van der Waals surface area contributed by atoms with Crippen LogP contribution in [0.1, 0.15) is 5.69 Å². The van der Waals surface area contributed by atoms with Crippen LogP contribution in [0.2, 0.25) is 0 Å². The first-order valence-corrected chi connectivity index (χ1v) is 7.00. The van der Waals surface area contributed by atoms with E-state index in [4.69, 9.17) is 11.1 Å². The van der Waals surface area contributed by atoms with Gasteiger partial charge in [0.1, 0.15) is 17.3 Å². The Hall–Kier alpha value is -1.66. The van der Waals surface area contributed by atoms with Crippen molar-refractivity contribution >= 4 is 11.7 Å². The summed E-state index contributed by atoms with van der Waals surface area (Å²) in [5.74, 6) is 0.946. The molecule has 110 valence electrons. The lowest BCUT2D eigenvalue weighted by Gasteiger charge is -2.35. The zero-order valence-electron chi connectivity index (χ0n) is 12.3. The van der Waals surface area contributed by atoms with E-state index in [-0.39, 0.29) is 5.84 Å². The number of nitrogens with zero attached hydrogens (tertiary/aromatic N) is 4. The summed E-state index contributed by atoms with van der Waals surface area (Å²) < 4.78 is 0. The first kappa shape index (κ1) is 14.7. The Bertz CT molecular complexity index is 451. The summed E-state index contributed by atoms with van der Waals surface area (Å²) in [7, 11) is 4.21. The summed E-state index contributed by atoms with van der Waals surface area (Å²) in [6, 6.07) is 5.68. The predicted octanol–water partition coefficient (Wildman–Crippen LogP) is 0.0493. The fourth-order valence-electron chi connectivity index (χ4n) is 2.29. The number of aromatic nitrogens is 1. The number of hydrogen-bond donors (Lipinski definition) is 2. The highest BCUT2D eigenvalue weighted by Gasteiger charge is 2.18. The molecule has 1 aromatic rings. The molecule has 1 aliphatic rings. The summed E-state index contributed by atoms with van der Waals surface area (Å²) in [6.45, 7) is 6.27. The van der Waals surface area contributed by atoms with Crippen LogP contribution in [0.4, 0.5) is 5.82 Å². The van der Waals surface area contributed by atoms with Crippen molar-refractivity contribution in [2.75, 3.05) is 58.3 Å². The van der Waals surface area contributed by atoms with Crippen LogP contribution in [0.25, 0.3) is 0 Å². The molecule has 2 rings (SSSR count). The minimum Gasteiger partial charge on any atom is -0.382 e. The molecule has 0 spiro atoms. The van der Waals surface area contributed by atoms with E-state index in [1.165, 1.54) is 0 Å². The second kappa shape index (κ2) is 6.67. The van der Waals surface area contributed by atoms with E-state index >= 15 is 0 Å². The molecule has 6 nitrogen and oxygen atoms in total. The fourth-order valence-corrected chi connectivity index (χ4v) is 2.29. The van der Waals surface area contributed by atoms with Crippen molar-refractivity contribution in [1.29, 1.82) is 5.41 Å². The van der Waals surface area contributed by atoms with Gasteiger partial charge in [-0.2, -0.15) is 0 Å². The maximum Gasteiger partial charge on any atom is 0.141 e. The Labute approximate surface area is 120 Å². The third-order valence-corrected chi connectivity index (χ3v) is 3.57. The molecule has 1 fully saturated rings. The van der Waals surface area contributed by atoms with Gasteiger partial charge in [0.15, 0.2) is 0 Å². The van der Waals surface area contributed by atoms with Crippen molar-refractivity contribution in [2.45, 2.75) is 0 Å². The maximum absolute atomic E-state index is 7.46. The number of rotatable bonds is 5. The Morgan fingerprint density at radius 3 is 2.60 bits per heavy atom. The normalized spacial score (nSPS) is 16.6. The topological polar surface area (TPSA) is 72.5 Å².